The van der Waals surface area contributed by atoms with E-state index in [0.717, 1.165) is 51.9 Å². The molecular formula is C15H23N3O3S. The number of amides is 1. The number of anilines is 1. The quantitative estimate of drug-likeness (QED) is 0.877. The van der Waals surface area contributed by atoms with Gasteiger partial charge in [0.2, 0.25) is 5.91 Å². The summed E-state index contributed by atoms with van der Waals surface area (Å²) in [7, 11) is 0. The number of hydrogen-bond acceptors (Lipinski definition) is 6. The zero-order valence-corrected chi connectivity index (χ0v) is 13.5. The molecule has 122 valence electrons. The number of thiazole rings is 1. The minimum atomic E-state index is -0.336. The highest BCUT2D eigenvalue weighted by molar-refractivity contribution is 7.13. The summed E-state index contributed by atoms with van der Waals surface area (Å²) < 4.78 is 5.90. The lowest BCUT2D eigenvalue weighted by molar-refractivity contribution is -0.176. The van der Waals surface area contributed by atoms with Crippen molar-refractivity contribution in [3.63, 3.8) is 0 Å². The fourth-order valence-electron chi connectivity index (χ4n) is 3.27. The lowest BCUT2D eigenvalue weighted by Gasteiger charge is -2.46. The maximum atomic E-state index is 11.9. The van der Waals surface area contributed by atoms with Crippen molar-refractivity contribution < 1.29 is 14.6 Å². The van der Waals surface area contributed by atoms with Crippen LogP contribution >= 0.6 is 11.3 Å². The normalized spacial score (nSPS) is 25.2. The Morgan fingerprint density at radius 2 is 2.36 bits per heavy atom. The molecule has 6 nitrogen and oxygen atoms in total. The molecule has 1 aromatic heterocycles. The van der Waals surface area contributed by atoms with Gasteiger partial charge in [0.1, 0.15) is 0 Å². The molecule has 2 saturated heterocycles. The van der Waals surface area contributed by atoms with Gasteiger partial charge in [-0.1, -0.05) is 0 Å². The Kier molecular flexibility index (Phi) is 5.07. The first-order chi connectivity index (χ1) is 10.7. The molecule has 2 aliphatic heterocycles. The summed E-state index contributed by atoms with van der Waals surface area (Å²) in [6, 6.07) is 0. The summed E-state index contributed by atoms with van der Waals surface area (Å²) in [5, 5.41) is 15.5. The Hall–Kier alpha value is -1.02. The van der Waals surface area contributed by atoms with Crippen LogP contribution < -0.4 is 5.32 Å². The number of ether oxygens (including phenoxy) is 1. The molecule has 1 atom stereocenters. The fraction of sp³-hybridized carbons (Fsp3) is 0.733. The van der Waals surface area contributed by atoms with E-state index in [0.29, 0.717) is 11.6 Å². The van der Waals surface area contributed by atoms with Gasteiger partial charge < -0.3 is 20.1 Å². The van der Waals surface area contributed by atoms with Crippen LogP contribution in [0.5, 0.6) is 0 Å². The fourth-order valence-corrected chi connectivity index (χ4v) is 3.82. The van der Waals surface area contributed by atoms with Crippen LogP contribution in [0.4, 0.5) is 5.13 Å². The Bertz CT molecular complexity index is 486. The molecule has 0 bridgehead atoms. The molecule has 0 radical (unpaired) electrons. The summed E-state index contributed by atoms with van der Waals surface area (Å²) in [5.41, 5.74) is -0.335. The number of carbonyl (C=O) groups is 1. The summed E-state index contributed by atoms with van der Waals surface area (Å²) >= 11 is 1.43. The average Bonchev–Trinajstić information content (AvgIpc) is 3.03. The van der Waals surface area contributed by atoms with Crippen LogP contribution in [0, 0.1) is 0 Å². The van der Waals surface area contributed by atoms with E-state index in [-0.39, 0.29) is 17.6 Å². The van der Waals surface area contributed by atoms with Crippen LogP contribution in [-0.2, 0) is 9.53 Å². The smallest absolute Gasteiger partial charge is 0.227 e. The highest BCUT2D eigenvalue weighted by Gasteiger charge is 2.43. The highest BCUT2D eigenvalue weighted by atomic mass is 32.1. The van der Waals surface area contributed by atoms with Crippen LogP contribution in [0.25, 0.3) is 0 Å². The number of nitrogens with zero attached hydrogens (tertiary/aromatic N) is 2. The molecule has 0 saturated carbocycles. The Morgan fingerprint density at radius 1 is 1.55 bits per heavy atom. The van der Waals surface area contributed by atoms with Crippen LogP contribution in [0.2, 0.25) is 0 Å². The predicted octanol–water partition coefficient (Wildman–Crippen LogP) is 1.48. The Balaban J connectivity index is 1.41. The summed E-state index contributed by atoms with van der Waals surface area (Å²) in [5.74, 6) is 0.00388. The second-order valence-corrected chi connectivity index (χ2v) is 6.94. The average molecular weight is 325 g/mol. The third-order valence-corrected chi connectivity index (χ3v) is 5.34. The molecule has 2 N–H and O–H groups in total. The van der Waals surface area contributed by atoms with Gasteiger partial charge in [0.05, 0.1) is 11.7 Å². The number of hydrogen-bond donors (Lipinski definition) is 2. The van der Waals surface area contributed by atoms with Crippen LogP contribution in [0.3, 0.4) is 0 Å². The molecule has 1 amide bonds. The van der Waals surface area contributed by atoms with Crippen molar-refractivity contribution in [1.82, 2.24) is 9.88 Å². The topological polar surface area (TPSA) is 74.7 Å². The van der Waals surface area contributed by atoms with E-state index in [1.165, 1.54) is 11.3 Å². The van der Waals surface area contributed by atoms with E-state index in [1.54, 1.807) is 6.20 Å². The summed E-state index contributed by atoms with van der Waals surface area (Å²) in [6.07, 6.45) is 5.30. The lowest BCUT2D eigenvalue weighted by atomic mass is 9.82. The first-order valence-electron chi connectivity index (χ1n) is 7.92. The largest absolute Gasteiger partial charge is 0.390 e. The number of rotatable bonds is 4. The van der Waals surface area contributed by atoms with E-state index in [1.807, 2.05) is 5.38 Å². The zero-order chi connectivity index (χ0) is 15.4. The number of carbonyl (C=O) groups excluding carboxylic acids is 1. The zero-order valence-electron chi connectivity index (χ0n) is 12.7. The summed E-state index contributed by atoms with van der Waals surface area (Å²) in [4.78, 5) is 18.2. The second-order valence-electron chi connectivity index (χ2n) is 6.05. The van der Waals surface area contributed by atoms with Gasteiger partial charge in [0.15, 0.2) is 5.13 Å². The highest BCUT2D eigenvalue weighted by Crippen LogP contribution is 2.35. The van der Waals surface area contributed by atoms with E-state index >= 15 is 0 Å². The van der Waals surface area contributed by atoms with Crippen molar-refractivity contribution in [2.45, 2.75) is 43.8 Å². The van der Waals surface area contributed by atoms with Crippen molar-refractivity contribution in [3.05, 3.63) is 11.6 Å². The Morgan fingerprint density at radius 3 is 3.05 bits per heavy atom. The van der Waals surface area contributed by atoms with Crippen LogP contribution in [0.15, 0.2) is 11.6 Å². The third-order valence-electron chi connectivity index (χ3n) is 4.65. The molecule has 0 unspecified atom stereocenters. The summed E-state index contributed by atoms with van der Waals surface area (Å²) in [6.45, 7) is 3.25. The molecule has 0 aliphatic carbocycles. The predicted molar refractivity (Wildman–Crippen MR) is 85.0 cm³/mol. The number of nitrogens with one attached hydrogen (secondary N) is 1. The number of aliphatic hydroxyl groups is 1. The molecule has 1 spiro atoms. The van der Waals surface area contributed by atoms with Gasteiger partial charge in [-0.2, -0.15) is 0 Å². The number of aromatic nitrogens is 1. The monoisotopic (exact) mass is 325 g/mol. The lowest BCUT2D eigenvalue weighted by Crippen LogP contribution is -2.55. The maximum Gasteiger partial charge on any atom is 0.227 e. The molecule has 2 fully saturated rings. The van der Waals surface area contributed by atoms with Crippen molar-refractivity contribution in [2.24, 2.45) is 0 Å². The van der Waals surface area contributed by atoms with Crippen molar-refractivity contribution in [3.8, 4) is 0 Å². The van der Waals surface area contributed by atoms with Gasteiger partial charge in [-0.3, -0.25) is 4.79 Å². The molecular weight excluding hydrogens is 302 g/mol. The van der Waals surface area contributed by atoms with E-state index in [2.05, 4.69) is 15.2 Å². The molecule has 22 heavy (non-hydrogen) atoms. The SMILES string of the molecule is O=C(CCN1CCC2(CC1)OCCC[C@H]2O)Nc1nccs1. The maximum absolute atomic E-state index is 11.9. The van der Waals surface area contributed by atoms with Gasteiger partial charge in [-0.25, -0.2) is 4.98 Å². The van der Waals surface area contributed by atoms with Gasteiger partial charge in [0, 0.05) is 44.2 Å². The number of aliphatic hydroxyl groups excluding tert-OH is 1. The van der Waals surface area contributed by atoms with Gasteiger partial charge >= 0.3 is 0 Å². The van der Waals surface area contributed by atoms with E-state index < -0.39 is 0 Å². The van der Waals surface area contributed by atoms with Gasteiger partial charge in [-0.05, 0) is 25.7 Å². The van der Waals surface area contributed by atoms with Crippen molar-refractivity contribution in [2.75, 3.05) is 31.6 Å². The van der Waals surface area contributed by atoms with Crippen LogP contribution in [0.1, 0.15) is 32.1 Å². The van der Waals surface area contributed by atoms with Crippen molar-refractivity contribution >= 4 is 22.4 Å². The standard InChI is InChI=1S/C15H23N3O3S/c19-12-2-1-10-21-15(12)4-8-18(9-5-15)7-3-13(20)17-14-16-6-11-22-14/h6,11-12,19H,1-5,7-10H2,(H,16,17,20)/t12-/m1/s1. The number of piperidine rings is 1. The van der Waals surface area contributed by atoms with E-state index in [9.17, 15) is 9.90 Å². The minimum absolute atomic E-state index is 0.00388. The third kappa shape index (κ3) is 3.65. The van der Waals surface area contributed by atoms with E-state index in [4.69, 9.17) is 4.74 Å². The molecule has 1 aromatic rings. The molecule has 3 rings (SSSR count). The molecule has 7 heteroatoms. The van der Waals surface area contributed by atoms with Gasteiger partial charge in [0.25, 0.3) is 0 Å². The first-order valence-corrected chi connectivity index (χ1v) is 8.80. The van der Waals surface area contributed by atoms with Crippen molar-refractivity contribution in [1.29, 1.82) is 0 Å². The molecule has 2 aliphatic rings. The first kappa shape index (κ1) is 15.9. The van der Waals surface area contributed by atoms with Gasteiger partial charge in [-0.15, -0.1) is 11.3 Å². The van der Waals surface area contributed by atoms with Crippen LogP contribution in [-0.4, -0.2) is 58.8 Å². The molecule has 3 heterocycles. The number of likely N-dealkylation sites (tertiary alicyclic amines) is 1. The Labute approximate surface area is 134 Å². The second kappa shape index (κ2) is 7.04. The molecule has 0 aromatic carbocycles. The minimum Gasteiger partial charge on any atom is -0.390 e.